The summed E-state index contributed by atoms with van der Waals surface area (Å²) in [4.78, 5) is 52.7. The van der Waals surface area contributed by atoms with Gasteiger partial charge in [0, 0.05) is 35.3 Å². The van der Waals surface area contributed by atoms with Crippen LogP contribution in [0.1, 0.15) is 76.5 Å². The lowest BCUT2D eigenvalue weighted by molar-refractivity contribution is -0.177. The summed E-state index contributed by atoms with van der Waals surface area (Å²) in [6.07, 6.45) is -4.05. The molecule has 0 spiro atoms. The van der Waals surface area contributed by atoms with Gasteiger partial charge in [0.15, 0.2) is 5.78 Å². The van der Waals surface area contributed by atoms with Gasteiger partial charge in [0.2, 0.25) is 11.7 Å². The van der Waals surface area contributed by atoms with Crippen LogP contribution in [0.3, 0.4) is 0 Å². The maximum absolute atomic E-state index is 14.9. The van der Waals surface area contributed by atoms with E-state index < -0.39 is 65.1 Å². The number of carbonyl (C=O) groups is 4. The molecule has 1 saturated carbocycles. The number of methoxy groups -OCH3 is 1. The van der Waals surface area contributed by atoms with Gasteiger partial charge >= 0.3 is 6.18 Å². The monoisotopic (exact) mass is 625 g/mol. The Morgan fingerprint density at radius 3 is 2.09 bits per heavy atom. The molecule has 1 N–H and O–H groups in total. The van der Waals surface area contributed by atoms with E-state index in [2.05, 4.69) is 5.32 Å². The van der Waals surface area contributed by atoms with Crippen LogP contribution in [0.15, 0.2) is 42.5 Å². The molecule has 2 aromatic rings. The summed E-state index contributed by atoms with van der Waals surface area (Å²) in [6, 6.07) is 8.84. The third-order valence-electron chi connectivity index (χ3n) is 8.27. The number of hydrogen-bond donors (Lipinski definition) is 1. The molecule has 234 valence electrons. The maximum Gasteiger partial charge on any atom is 0.450 e. The van der Waals surface area contributed by atoms with Crippen molar-refractivity contribution in [2.24, 2.45) is 17.8 Å². The quantitative estimate of drug-likeness (QED) is 0.240. The second-order valence-electron chi connectivity index (χ2n) is 11.5. The van der Waals surface area contributed by atoms with Crippen LogP contribution >= 0.6 is 11.6 Å². The number of carbonyl (C=O) groups excluding carboxylic acids is 4. The Bertz CT molecular complexity index is 1320. The van der Waals surface area contributed by atoms with E-state index in [1.807, 2.05) is 0 Å². The third kappa shape index (κ3) is 7.82. The lowest BCUT2D eigenvalue weighted by Gasteiger charge is -2.31. The maximum atomic E-state index is 14.9. The fourth-order valence-electron chi connectivity index (χ4n) is 5.77. The standard InChI is InChI=1S/C32H36ClF4NO5/c1-18(2)22(29(41)32(35,36)37)17-25(39)28(20-10-12-21(43-4)13-11-20)38-30(42)19(3)16-26(40)31(14-5-6-15-31)27-23(33)8-7-9-24(27)34/h7-13,18-19,22,28H,5-6,14-17H2,1-4H3,(H,38,42)/t19-,22+,28+/m1/s1. The van der Waals surface area contributed by atoms with E-state index in [1.165, 1.54) is 70.3 Å². The van der Waals surface area contributed by atoms with Crippen molar-refractivity contribution in [1.29, 1.82) is 0 Å². The van der Waals surface area contributed by atoms with Crippen LogP contribution in [0.2, 0.25) is 5.02 Å². The highest BCUT2D eigenvalue weighted by Crippen LogP contribution is 2.46. The molecule has 0 aliphatic heterocycles. The summed E-state index contributed by atoms with van der Waals surface area (Å²) in [5.41, 5.74) is -0.804. The Morgan fingerprint density at radius 2 is 1.58 bits per heavy atom. The average Bonchev–Trinajstić information content (AvgIpc) is 3.44. The molecule has 0 saturated heterocycles. The largest absolute Gasteiger partial charge is 0.497 e. The SMILES string of the molecule is COc1ccc([C@H](NC(=O)[C@H](C)CC(=O)C2(c3c(F)cccc3Cl)CCCC2)C(=O)C[C@H](C(=O)C(F)(F)F)C(C)C)cc1. The Balaban J connectivity index is 1.87. The van der Waals surface area contributed by atoms with Crippen LogP contribution in [0.5, 0.6) is 5.75 Å². The van der Waals surface area contributed by atoms with Crippen molar-refractivity contribution in [3.63, 3.8) is 0 Å². The highest BCUT2D eigenvalue weighted by molar-refractivity contribution is 6.31. The fraction of sp³-hybridized carbons (Fsp3) is 0.500. The zero-order valence-corrected chi connectivity index (χ0v) is 25.3. The molecule has 0 unspecified atom stereocenters. The molecule has 0 aromatic heterocycles. The smallest absolute Gasteiger partial charge is 0.450 e. The number of ether oxygens (including phenoxy) is 1. The van der Waals surface area contributed by atoms with E-state index in [9.17, 15) is 36.7 Å². The van der Waals surface area contributed by atoms with Gasteiger partial charge in [0.1, 0.15) is 23.4 Å². The summed E-state index contributed by atoms with van der Waals surface area (Å²) >= 11 is 6.34. The number of rotatable bonds is 13. The van der Waals surface area contributed by atoms with Crippen molar-refractivity contribution in [2.45, 2.75) is 76.9 Å². The summed E-state index contributed by atoms with van der Waals surface area (Å²) in [6.45, 7) is 4.31. The van der Waals surface area contributed by atoms with Gasteiger partial charge in [0.05, 0.1) is 12.5 Å². The van der Waals surface area contributed by atoms with Crippen LogP contribution in [-0.2, 0) is 24.6 Å². The Labute approximate surface area is 253 Å². The Morgan fingerprint density at radius 1 is 0.977 bits per heavy atom. The topological polar surface area (TPSA) is 89.5 Å². The summed E-state index contributed by atoms with van der Waals surface area (Å²) in [7, 11) is 1.43. The van der Waals surface area contributed by atoms with Gasteiger partial charge < -0.3 is 10.1 Å². The minimum Gasteiger partial charge on any atom is -0.497 e. The molecular formula is C32H36ClF4NO5. The van der Waals surface area contributed by atoms with Crippen LogP contribution in [0.25, 0.3) is 0 Å². The van der Waals surface area contributed by atoms with Crippen molar-refractivity contribution in [3.8, 4) is 5.75 Å². The second-order valence-corrected chi connectivity index (χ2v) is 11.9. The molecule has 3 rings (SSSR count). The van der Waals surface area contributed by atoms with Gasteiger partial charge in [-0.3, -0.25) is 19.2 Å². The van der Waals surface area contributed by atoms with Crippen LogP contribution in [0.4, 0.5) is 17.6 Å². The molecule has 1 aliphatic carbocycles. The molecule has 11 heteroatoms. The molecule has 1 aliphatic rings. The number of Topliss-reactive ketones (excluding diaryl/α,β-unsaturated/α-hetero) is 3. The number of nitrogens with one attached hydrogen (secondary N) is 1. The Hall–Kier alpha value is -3.27. The molecule has 43 heavy (non-hydrogen) atoms. The fourth-order valence-corrected chi connectivity index (χ4v) is 6.12. The van der Waals surface area contributed by atoms with E-state index in [4.69, 9.17) is 16.3 Å². The molecule has 0 radical (unpaired) electrons. The average molecular weight is 626 g/mol. The predicted octanol–water partition coefficient (Wildman–Crippen LogP) is 7.12. The first-order chi connectivity index (χ1) is 20.1. The first-order valence-electron chi connectivity index (χ1n) is 14.2. The van der Waals surface area contributed by atoms with Crippen LogP contribution in [-0.4, -0.2) is 36.5 Å². The van der Waals surface area contributed by atoms with Gasteiger partial charge in [-0.25, -0.2) is 4.39 Å². The lowest BCUT2D eigenvalue weighted by Crippen LogP contribution is -2.42. The molecule has 1 fully saturated rings. The molecule has 1 amide bonds. The normalized spacial score (nSPS) is 16.8. The van der Waals surface area contributed by atoms with E-state index >= 15 is 0 Å². The molecule has 0 heterocycles. The van der Waals surface area contributed by atoms with E-state index in [0.717, 1.165) is 0 Å². The van der Waals surface area contributed by atoms with Crippen LogP contribution < -0.4 is 10.1 Å². The van der Waals surface area contributed by atoms with E-state index in [0.29, 0.717) is 31.4 Å². The zero-order chi connectivity index (χ0) is 32.1. The van der Waals surface area contributed by atoms with Gasteiger partial charge in [-0.1, -0.05) is 63.4 Å². The van der Waals surface area contributed by atoms with E-state index in [1.54, 1.807) is 0 Å². The zero-order valence-electron chi connectivity index (χ0n) is 24.5. The first kappa shape index (κ1) is 34.2. The number of halogens is 5. The predicted molar refractivity (Wildman–Crippen MR) is 153 cm³/mol. The van der Waals surface area contributed by atoms with Gasteiger partial charge in [0.25, 0.3) is 0 Å². The van der Waals surface area contributed by atoms with Crippen molar-refractivity contribution >= 4 is 34.9 Å². The van der Waals surface area contributed by atoms with Crippen molar-refractivity contribution in [2.75, 3.05) is 7.11 Å². The number of benzene rings is 2. The van der Waals surface area contributed by atoms with Gasteiger partial charge in [-0.2, -0.15) is 13.2 Å². The molecule has 6 nitrogen and oxygen atoms in total. The van der Waals surface area contributed by atoms with Crippen molar-refractivity contribution in [1.82, 2.24) is 5.32 Å². The lowest BCUT2D eigenvalue weighted by atomic mass is 9.72. The summed E-state index contributed by atoms with van der Waals surface area (Å²) in [5.74, 6) is -7.42. The summed E-state index contributed by atoms with van der Waals surface area (Å²) in [5, 5.41) is 2.72. The number of alkyl halides is 3. The molecule has 3 atom stereocenters. The van der Waals surface area contributed by atoms with Gasteiger partial charge in [-0.15, -0.1) is 0 Å². The molecular weight excluding hydrogens is 590 g/mol. The Kier molecular flexibility index (Phi) is 11.2. The van der Waals surface area contributed by atoms with Gasteiger partial charge in [-0.05, 0) is 48.6 Å². The third-order valence-corrected chi connectivity index (χ3v) is 8.59. The highest BCUT2D eigenvalue weighted by atomic mass is 35.5. The number of amides is 1. The van der Waals surface area contributed by atoms with E-state index in [-0.39, 0.29) is 28.4 Å². The minimum atomic E-state index is -5.12. The van der Waals surface area contributed by atoms with Crippen LogP contribution in [0, 0.1) is 23.6 Å². The summed E-state index contributed by atoms with van der Waals surface area (Å²) < 4.78 is 59.9. The minimum absolute atomic E-state index is 0.118. The molecule has 2 aromatic carbocycles. The second kappa shape index (κ2) is 14.0. The van der Waals surface area contributed by atoms with Crippen molar-refractivity contribution in [3.05, 3.63) is 64.4 Å². The molecule has 0 bridgehead atoms. The van der Waals surface area contributed by atoms with Crippen molar-refractivity contribution < 1.29 is 41.5 Å². The number of hydrogen-bond acceptors (Lipinski definition) is 5. The highest BCUT2D eigenvalue weighted by Gasteiger charge is 2.47. The first-order valence-corrected chi connectivity index (χ1v) is 14.6. The number of ketones is 3.